The van der Waals surface area contributed by atoms with Crippen LogP contribution in [0, 0.1) is 11.2 Å². The highest BCUT2D eigenvalue weighted by Crippen LogP contribution is 2.43. The summed E-state index contributed by atoms with van der Waals surface area (Å²) in [6.07, 6.45) is 3.36. The van der Waals surface area contributed by atoms with Crippen LogP contribution in [0.1, 0.15) is 49.2 Å². The molecule has 49 heavy (non-hydrogen) atoms. The molecule has 1 aliphatic heterocycles. The summed E-state index contributed by atoms with van der Waals surface area (Å²) in [5.41, 5.74) is 15.0. The zero-order valence-electron chi connectivity index (χ0n) is 27.6. The van der Waals surface area contributed by atoms with Gasteiger partial charge in [0.15, 0.2) is 11.0 Å². The van der Waals surface area contributed by atoms with Crippen LogP contribution in [0.3, 0.4) is 0 Å². The fraction of sp³-hybridized carbons (Fsp3) is 0.297. The van der Waals surface area contributed by atoms with Crippen molar-refractivity contribution in [2.45, 2.75) is 38.0 Å². The summed E-state index contributed by atoms with van der Waals surface area (Å²) in [7, 11) is -1.84. The van der Waals surface area contributed by atoms with E-state index in [-0.39, 0.29) is 16.8 Å². The van der Waals surface area contributed by atoms with Gasteiger partial charge in [-0.25, -0.2) is 13.6 Å². The predicted octanol–water partition coefficient (Wildman–Crippen LogP) is 6.65. The van der Waals surface area contributed by atoms with Crippen LogP contribution in [0.4, 0.5) is 21.5 Å². The summed E-state index contributed by atoms with van der Waals surface area (Å²) in [6.45, 7) is 9.32. The minimum Gasteiger partial charge on any atom is -0.397 e. The van der Waals surface area contributed by atoms with Gasteiger partial charge in [-0.05, 0) is 96.5 Å². The summed E-state index contributed by atoms with van der Waals surface area (Å²) < 4.78 is 30.2. The number of allylic oxidation sites excluding steroid dienone is 1. The largest absolute Gasteiger partial charge is 0.397 e. The van der Waals surface area contributed by atoms with Gasteiger partial charge in [0.05, 0.1) is 16.3 Å². The number of nitrogens with zero attached hydrogens (tertiary/aromatic N) is 3. The van der Waals surface area contributed by atoms with E-state index in [1.807, 2.05) is 24.3 Å². The fourth-order valence-electron chi connectivity index (χ4n) is 6.49. The molecule has 0 saturated carbocycles. The molecule has 6 N–H and O–H groups in total. The first kappa shape index (κ1) is 34.6. The van der Waals surface area contributed by atoms with Gasteiger partial charge in [0, 0.05) is 49.0 Å². The van der Waals surface area contributed by atoms with Gasteiger partial charge in [0.25, 0.3) is 5.91 Å². The number of piperazine rings is 1. The molecule has 1 fully saturated rings. The van der Waals surface area contributed by atoms with E-state index < -0.39 is 22.7 Å². The fourth-order valence-corrected chi connectivity index (χ4v) is 7.39. The molecule has 256 valence electrons. The van der Waals surface area contributed by atoms with Gasteiger partial charge < -0.3 is 16.1 Å². The van der Waals surface area contributed by atoms with E-state index in [1.54, 1.807) is 24.3 Å². The van der Waals surface area contributed by atoms with Crippen molar-refractivity contribution in [2.24, 2.45) is 11.3 Å². The molecule has 6 rings (SSSR count). The summed E-state index contributed by atoms with van der Waals surface area (Å²) in [5.74, 6) is 4.11. The van der Waals surface area contributed by atoms with Gasteiger partial charge in [-0.1, -0.05) is 49.2 Å². The standard InChI is InChI=1S/C37H41ClFN7O2S/c1-37(2)16-15-26(30(22-37)24-3-6-27(38)7-4-24)23-45-17-19-46(20-18-45)28-8-10-29(11-9-28)49(48)44-36(47)34-14-12-31(39)35(42-34)25-5-13-33(43-41)32(40)21-25/h3-14,21,43H,15-20,22-23,40-41H2,1-2H3,(H,44,47). The van der Waals surface area contributed by atoms with Gasteiger partial charge in [-0.3, -0.25) is 20.3 Å². The lowest BCUT2D eigenvalue weighted by atomic mass is 9.72. The van der Waals surface area contributed by atoms with Crippen LogP contribution >= 0.6 is 11.6 Å². The Hall–Kier alpha value is -4.29. The van der Waals surface area contributed by atoms with Gasteiger partial charge >= 0.3 is 0 Å². The first-order chi connectivity index (χ1) is 23.5. The quantitative estimate of drug-likeness (QED) is 0.0868. The number of anilines is 3. The van der Waals surface area contributed by atoms with Crippen LogP contribution < -0.4 is 26.6 Å². The monoisotopic (exact) mass is 701 g/mol. The predicted molar refractivity (Wildman–Crippen MR) is 197 cm³/mol. The number of hydrazine groups is 1. The van der Waals surface area contributed by atoms with Crippen LogP contribution in [0.5, 0.6) is 0 Å². The number of hydrogen-bond acceptors (Lipinski definition) is 8. The highest BCUT2D eigenvalue weighted by atomic mass is 35.5. The number of benzene rings is 3. The van der Waals surface area contributed by atoms with Gasteiger partial charge in [-0.15, -0.1) is 0 Å². The Morgan fingerprint density at radius 1 is 0.980 bits per heavy atom. The summed E-state index contributed by atoms with van der Waals surface area (Å²) in [5, 5.41) is 0.758. The Bertz CT molecular complexity index is 1890. The maximum atomic E-state index is 14.6. The minimum absolute atomic E-state index is 0.0560. The molecule has 0 bridgehead atoms. The maximum Gasteiger partial charge on any atom is 0.281 e. The number of nitrogen functional groups attached to an aromatic ring is 2. The molecule has 1 amide bonds. The molecule has 1 saturated heterocycles. The normalized spacial score (nSPS) is 17.1. The zero-order valence-corrected chi connectivity index (χ0v) is 29.2. The van der Waals surface area contributed by atoms with Crippen molar-refractivity contribution in [1.29, 1.82) is 0 Å². The third-order valence-electron chi connectivity index (χ3n) is 9.33. The van der Waals surface area contributed by atoms with Crippen LogP contribution in [-0.2, 0) is 11.0 Å². The number of aromatic nitrogens is 1. The molecular formula is C37H41ClFN7O2S. The summed E-state index contributed by atoms with van der Waals surface area (Å²) >= 11 is 6.19. The third kappa shape index (κ3) is 8.13. The van der Waals surface area contributed by atoms with Gasteiger partial charge in [0.2, 0.25) is 0 Å². The number of pyridine rings is 1. The first-order valence-corrected chi connectivity index (χ1v) is 17.8. The van der Waals surface area contributed by atoms with E-state index in [4.69, 9.17) is 23.2 Å². The molecule has 2 heterocycles. The number of rotatable bonds is 9. The molecule has 0 spiro atoms. The molecule has 1 aliphatic carbocycles. The Labute approximate surface area is 294 Å². The molecule has 12 heteroatoms. The molecule has 3 aromatic carbocycles. The SMILES string of the molecule is CC1(C)CCC(CN2CCN(c3ccc(S(=O)NC(=O)c4ccc(F)c(-c5ccc(NN)c(N)c5)n4)cc3)CC2)=C(c2ccc(Cl)cc2)C1. The minimum atomic E-state index is -1.84. The topological polar surface area (TPSA) is 130 Å². The van der Waals surface area contributed by atoms with E-state index in [1.165, 1.54) is 35.3 Å². The van der Waals surface area contributed by atoms with Crippen molar-refractivity contribution in [2.75, 3.05) is 48.8 Å². The average molecular weight is 702 g/mol. The lowest BCUT2D eigenvalue weighted by Gasteiger charge is -2.39. The first-order valence-electron chi connectivity index (χ1n) is 16.3. The second-order valence-electron chi connectivity index (χ2n) is 13.4. The lowest BCUT2D eigenvalue weighted by Crippen LogP contribution is -2.47. The van der Waals surface area contributed by atoms with E-state index in [0.29, 0.717) is 21.8 Å². The Morgan fingerprint density at radius 2 is 1.67 bits per heavy atom. The second-order valence-corrected chi connectivity index (χ2v) is 15.0. The van der Waals surface area contributed by atoms with E-state index in [2.05, 4.69) is 50.9 Å². The average Bonchev–Trinajstić information content (AvgIpc) is 3.10. The number of hydrogen-bond donors (Lipinski definition) is 4. The van der Waals surface area contributed by atoms with Gasteiger partial charge in [-0.2, -0.15) is 0 Å². The zero-order chi connectivity index (χ0) is 34.7. The van der Waals surface area contributed by atoms with E-state index in [9.17, 15) is 13.4 Å². The summed E-state index contributed by atoms with van der Waals surface area (Å²) in [4.78, 5) is 22.5. The van der Waals surface area contributed by atoms with E-state index >= 15 is 0 Å². The highest BCUT2D eigenvalue weighted by molar-refractivity contribution is 7.83. The number of nitrogens with one attached hydrogen (secondary N) is 2. The number of amides is 1. The molecular weight excluding hydrogens is 661 g/mol. The second kappa shape index (κ2) is 14.7. The molecule has 1 aromatic heterocycles. The van der Waals surface area contributed by atoms with Crippen molar-refractivity contribution < 1.29 is 13.4 Å². The van der Waals surface area contributed by atoms with Gasteiger partial charge in [0.1, 0.15) is 17.2 Å². The number of carbonyl (C=O) groups excluding carboxylic acids is 1. The van der Waals surface area contributed by atoms with Crippen molar-refractivity contribution in [3.8, 4) is 11.3 Å². The Balaban J connectivity index is 1.06. The maximum absolute atomic E-state index is 14.6. The molecule has 0 radical (unpaired) electrons. The van der Waals surface area contributed by atoms with Crippen molar-refractivity contribution in [3.05, 3.63) is 107 Å². The number of halogens is 2. The third-order valence-corrected chi connectivity index (χ3v) is 10.6. The Morgan fingerprint density at radius 3 is 2.35 bits per heavy atom. The molecule has 1 atom stereocenters. The van der Waals surface area contributed by atoms with Crippen LogP contribution in [0.15, 0.2) is 89.3 Å². The summed E-state index contributed by atoms with van der Waals surface area (Å²) in [6, 6.07) is 22.7. The molecule has 2 aliphatic rings. The van der Waals surface area contributed by atoms with Crippen LogP contribution in [-0.4, -0.2) is 52.7 Å². The Kier molecular flexibility index (Phi) is 10.4. The number of carbonyl (C=O) groups is 1. The molecule has 9 nitrogen and oxygen atoms in total. The van der Waals surface area contributed by atoms with Crippen LogP contribution in [0.25, 0.3) is 16.8 Å². The van der Waals surface area contributed by atoms with Crippen molar-refractivity contribution >= 4 is 51.1 Å². The molecule has 4 aromatic rings. The smallest absolute Gasteiger partial charge is 0.281 e. The van der Waals surface area contributed by atoms with Crippen LogP contribution in [0.2, 0.25) is 5.02 Å². The van der Waals surface area contributed by atoms with Crippen molar-refractivity contribution in [1.82, 2.24) is 14.6 Å². The lowest BCUT2D eigenvalue weighted by molar-refractivity contribution is 0.0978. The number of nitrogens with two attached hydrogens (primary N) is 2. The van der Waals surface area contributed by atoms with Crippen molar-refractivity contribution in [3.63, 3.8) is 0 Å². The van der Waals surface area contributed by atoms with E-state index in [0.717, 1.165) is 62.3 Å². The highest BCUT2D eigenvalue weighted by Gasteiger charge is 2.29. The molecule has 1 unspecified atom stereocenters.